The number of halogens is 3. The number of rotatable bonds is 2. The SMILES string of the molecule is COC(=O)c1ccc(C#N)c(C=O)c1C(F)(F)F. The van der Waals surface area contributed by atoms with Crippen LogP contribution in [0.1, 0.15) is 31.8 Å². The van der Waals surface area contributed by atoms with Crippen molar-refractivity contribution in [1.82, 2.24) is 0 Å². The summed E-state index contributed by atoms with van der Waals surface area (Å²) >= 11 is 0. The summed E-state index contributed by atoms with van der Waals surface area (Å²) in [5.74, 6) is -1.23. The predicted octanol–water partition coefficient (Wildman–Crippen LogP) is 2.18. The molecule has 0 radical (unpaired) electrons. The van der Waals surface area contributed by atoms with E-state index in [0.717, 1.165) is 19.2 Å². The van der Waals surface area contributed by atoms with Crippen LogP contribution in [0.25, 0.3) is 0 Å². The first-order valence-corrected chi connectivity index (χ1v) is 4.54. The zero-order valence-electron chi connectivity index (χ0n) is 9.04. The third kappa shape index (κ3) is 2.32. The Bertz CT molecular complexity index is 544. The molecule has 0 atom stereocenters. The van der Waals surface area contributed by atoms with Gasteiger partial charge in [0.15, 0.2) is 6.29 Å². The van der Waals surface area contributed by atoms with Crippen LogP contribution in [0.5, 0.6) is 0 Å². The van der Waals surface area contributed by atoms with Gasteiger partial charge in [-0.3, -0.25) is 4.79 Å². The lowest BCUT2D eigenvalue weighted by molar-refractivity contribution is -0.138. The molecule has 18 heavy (non-hydrogen) atoms. The number of alkyl halides is 3. The third-order valence-electron chi connectivity index (χ3n) is 2.17. The average molecular weight is 257 g/mol. The fraction of sp³-hybridized carbons (Fsp3) is 0.182. The number of aldehydes is 1. The third-order valence-corrected chi connectivity index (χ3v) is 2.17. The highest BCUT2D eigenvalue weighted by molar-refractivity contribution is 5.95. The molecule has 0 aliphatic carbocycles. The molecule has 0 aliphatic heterocycles. The summed E-state index contributed by atoms with van der Waals surface area (Å²) in [5.41, 5.74) is -3.58. The van der Waals surface area contributed by atoms with Gasteiger partial charge in [0.2, 0.25) is 0 Å². The normalized spacial score (nSPS) is 10.6. The Hall–Kier alpha value is -2.36. The number of hydrogen-bond donors (Lipinski definition) is 0. The molecule has 0 fully saturated rings. The van der Waals surface area contributed by atoms with E-state index in [2.05, 4.69) is 4.74 Å². The molecule has 0 N–H and O–H groups in total. The van der Waals surface area contributed by atoms with E-state index in [-0.39, 0.29) is 6.29 Å². The molecule has 1 aromatic carbocycles. The van der Waals surface area contributed by atoms with Crippen LogP contribution in [0.4, 0.5) is 13.2 Å². The highest BCUT2D eigenvalue weighted by Crippen LogP contribution is 2.35. The standard InChI is InChI=1S/C11H6F3NO3/c1-18-10(17)7-3-2-6(4-15)8(5-16)9(7)11(12,13)14/h2-3,5H,1H3. The van der Waals surface area contributed by atoms with Gasteiger partial charge in [-0.25, -0.2) is 4.79 Å². The van der Waals surface area contributed by atoms with E-state index in [1.807, 2.05) is 0 Å². The molecule has 0 heterocycles. The van der Waals surface area contributed by atoms with E-state index in [4.69, 9.17) is 5.26 Å². The van der Waals surface area contributed by atoms with Gasteiger partial charge in [-0.15, -0.1) is 0 Å². The van der Waals surface area contributed by atoms with Crippen LogP contribution in [0.2, 0.25) is 0 Å². The maximum absolute atomic E-state index is 12.8. The summed E-state index contributed by atoms with van der Waals surface area (Å²) in [6, 6.07) is 3.23. The summed E-state index contributed by atoms with van der Waals surface area (Å²) in [6.45, 7) is 0. The quantitative estimate of drug-likeness (QED) is 0.601. The number of benzene rings is 1. The number of methoxy groups -OCH3 is 1. The minimum atomic E-state index is -4.94. The van der Waals surface area contributed by atoms with Crippen molar-refractivity contribution >= 4 is 12.3 Å². The maximum Gasteiger partial charge on any atom is 0.417 e. The highest BCUT2D eigenvalue weighted by atomic mass is 19.4. The van der Waals surface area contributed by atoms with Crippen LogP contribution in [0.3, 0.4) is 0 Å². The second-order valence-electron chi connectivity index (χ2n) is 3.17. The summed E-state index contributed by atoms with van der Waals surface area (Å²) in [4.78, 5) is 21.9. The Balaban J connectivity index is 3.72. The second kappa shape index (κ2) is 4.87. The Morgan fingerprint density at radius 2 is 2.06 bits per heavy atom. The van der Waals surface area contributed by atoms with Crippen molar-refractivity contribution in [1.29, 1.82) is 5.26 Å². The molecule has 94 valence electrons. The van der Waals surface area contributed by atoms with Crippen LogP contribution in [0.15, 0.2) is 12.1 Å². The van der Waals surface area contributed by atoms with Crippen molar-refractivity contribution < 1.29 is 27.5 Å². The minimum absolute atomic E-state index is 0.103. The number of hydrogen-bond acceptors (Lipinski definition) is 4. The minimum Gasteiger partial charge on any atom is -0.465 e. The number of carbonyl (C=O) groups excluding carboxylic acids is 2. The van der Waals surface area contributed by atoms with E-state index in [1.165, 1.54) is 6.07 Å². The molecule has 0 saturated carbocycles. The van der Waals surface area contributed by atoms with Gasteiger partial charge in [-0.1, -0.05) is 0 Å². The van der Waals surface area contributed by atoms with Crippen molar-refractivity contribution in [2.75, 3.05) is 7.11 Å². The molecule has 0 saturated heterocycles. The Morgan fingerprint density at radius 3 is 2.44 bits per heavy atom. The highest BCUT2D eigenvalue weighted by Gasteiger charge is 2.39. The van der Waals surface area contributed by atoms with E-state index in [1.54, 1.807) is 0 Å². The Labute approximate surface area is 99.6 Å². The largest absolute Gasteiger partial charge is 0.465 e. The molecule has 0 spiro atoms. The van der Waals surface area contributed by atoms with Crippen LogP contribution in [0, 0.1) is 11.3 Å². The molecular formula is C11H6F3NO3. The lowest BCUT2D eigenvalue weighted by Gasteiger charge is -2.14. The number of esters is 1. The molecule has 0 unspecified atom stereocenters. The molecule has 0 amide bonds. The van der Waals surface area contributed by atoms with E-state index < -0.39 is 34.4 Å². The van der Waals surface area contributed by atoms with E-state index in [0.29, 0.717) is 0 Å². The van der Waals surface area contributed by atoms with E-state index in [9.17, 15) is 22.8 Å². The molecular weight excluding hydrogens is 251 g/mol. The van der Waals surface area contributed by atoms with Crippen molar-refractivity contribution in [3.05, 3.63) is 34.4 Å². The van der Waals surface area contributed by atoms with Crippen molar-refractivity contribution in [3.63, 3.8) is 0 Å². The smallest absolute Gasteiger partial charge is 0.417 e. The molecule has 7 heteroatoms. The lowest BCUT2D eigenvalue weighted by Crippen LogP contribution is -2.18. The van der Waals surface area contributed by atoms with Crippen molar-refractivity contribution in [3.8, 4) is 6.07 Å². The molecule has 0 aromatic heterocycles. The van der Waals surface area contributed by atoms with Crippen LogP contribution >= 0.6 is 0 Å². The first kappa shape index (κ1) is 13.7. The van der Waals surface area contributed by atoms with Gasteiger partial charge >= 0.3 is 12.1 Å². The van der Waals surface area contributed by atoms with Crippen LogP contribution in [-0.2, 0) is 10.9 Å². The first-order chi connectivity index (χ1) is 8.36. The van der Waals surface area contributed by atoms with Gasteiger partial charge in [-0.2, -0.15) is 18.4 Å². The zero-order valence-corrected chi connectivity index (χ0v) is 9.04. The predicted molar refractivity (Wildman–Crippen MR) is 52.9 cm³/mol. The number of nitriles is 1. The van der Waals surface area contributed by atoms with Gasteiger partial charge in [0.05, 0.1) is 29.9 Å². The zero-order chi connectivity index (χ0) is 13.9. The van der Waals surface area contributed by atoms with Crippen LogP contribution < -0.4 is 0 Å². The first-order valence-electron chi connectivity index (χ1n) is 4.54. The molecule has 1 aromatic rings. The molecule has 0 aliphatic rings. The molecule has 0 bridgehead atoms. The average Bonchev–Trinajstić information content (AvgIpc) is 2.34. The van der Waals surface area contributed by atoms with Gasteiger partial charge in [-0.05, 0) is 12.1 Å². The van der Waals surface area contributed by atoms with Crippen molar-refractivity contribution in [2.24, 2.45) is 0 Å². The topological polar surface area (TPSA) is 67.2 Å². The van der Waals surface area contributed by atoms with Gasteiger partial charge in [0.1, 0.15) is 0 Å². The Kier molecular flexibility index (Phi) is 3.71. The summed E-state index contributed by atoms with van der Waals surface area (Å²) in [5, 5.41) is 8.63. The Morgan fingerprint density at radius 1 is 1.44 bits per heavy atom. The van der Waals surface area contributed by atoms with Crippen LogP contribution in [-0.4, -0.2) is 19.4 Å². The maximum atomic E-state index is 12.8. The summed E-state index contributed by atoms with van der Waals surface area (Å²) in [7, 11) is 0.918. The fourth-order valence-corrected chi connectivity index (χ4v) is 1.42. The molecule has 1 rings (SSSR count). The number of nitrogens with zero attached hydrogens (tertiary/aromatic N) is 1. The number of ether oxygens (including phenoxy) is 1. The van der Waals surface area contributed by atoms with E-state index >= 15 is 0 Å². The second-order valence-corrected chi connectivity index (χ2v) is 3.17. The summed E-state index contributed by atoms with van der Waals surface area (Å²) < 4.78 is 42.7. The molecule has 4 nitrogen and oxygen atoms in total. The van der Waals surface area contributed by atoms with Gasteiger partial charge in [0, 0.05) is 5.56 Å². The number of carbonyl (C=O) groups is 2. The monoisotopic (exact) mass is 257 g/mol. The summed E-state index contributed by atoms with van der Waals surface area (Å²) in [6.07, 6.45) is -5.04. The lowest BCUT2D eigenvalue weighted by atomic mass is 9.96. The van der Waals surface area contributed by atoms with Gasteiger partial charge in [0.25, 0.3) is 0 Å². The van der Waals surface area contributed by atoms with Crippen molar-refractivity contribution in [2.45, 2.75) is 6.18 Å². The van der Waals surface area contributed by atoms with Gasteiger partial charge < -0.3 is 4.74 Å². The fourth-order valence-electron chi connectivity index (χ4n) is 1.42.